The molecule has 0 aliphatic carbocycles. The zero-order valence-corrected chi connectivity index (χ0v) is 15.3. The van der Waals surface area contributed by atoms with Gasteiger partial charge in [-0.3, -0.25) is 9.59 Å². The summed E-state index contributed by atoms with van der Waals surface area (Å²) in [6.45, 7) is 1.50. The van der Waals surface area contributed by atoms with E-state index < -0.39 is 17.7 Å². The molecule has 2 rings (SSSR count). The first kappa shape index (κ1) is 19.1. The van der Waals surface area contributed by atoms with Crippen LogP contribution in [-0.2, 0) is 4.79 Å². The fourth-order valence-electron chi connectivity index (χ4n) is 2.22. The van der Waals surface area contributed by atoms with Crippen molar-refractivity contribution in [3.8, 4) is 0 Å². The van der Waals surface area contributed by atoms with E-state index in [1.807, 2.05) is 0 Å². The number of hydrogen-bond acceptors (Lipinski definition) is 2. The van der Waals surface area contributed by atoms with E-state index in [1.165, 1.54) is 11.0 Å². The van der Waals surface area contributed by atoms with Gasteiger partial charge in [0, 0.05) is 17.1 Å². The first-order valence-corrected chi connectivity index (χ1v) is 8.33. The highest BCUT2D eigenvalue weighted by atomic mass is 79.9. The van der Waals surface area contributed by atoms with Crippen molar-refractivity contribution in [1.82, 2.24) is 10.2 Å². The van der Waals surface area contributed by atoms with Crippen LogP contribution in [0, 0.1) is 11.6 Å². The van der Waals surface area contributed by atoms with Crippen LogP contribution in [0.25, 0.3) is 0 Å². The monoisotopic (exact) mass is 410 g/mol. The van der Waals surface area contributed by atoms with Gasteiger partial charge in [-0.2, -0.15) is 0 Å². The lowest BCUT2D eigenvalue weighted by atomic mass is 10.1. The molecule has 1 unspecified atom stereocenters. The molecule has 2 aromatic rings. The zero-order valence-electron chi connectivity index (χ0n) is 13.7. The zero-order chi connectivity index (χ0) is 18.6. The van der Waals surface area contributed by atoms with Crippen LogP contribution in [0.15, 0.2) is 46.9 Å². The Labute approximate surface area is 153 Å². The van der Waals surface area contributed by atoms with Gasteiger partial charge in [-0.15, -0.1) is 0 Å². The molecule has 0 aliphatic heterocycles. The van der Waals surface area contributed by atoms with E-state index in [4.69, 9.17) is 0 Å². The maximum Gasteiger partial charge on any atom is 0.251 e. The molecule has 4 nitrogen and oxygen atoms in total. The second-order valence-corrected chi connectivity index (χ2v) is 6.46. The molecule has 1 N–H and O–H groups in total. The molecule has 0 heterocycles. The summed E-state index contributed by atoms with van der Waals surface area (Å²) in [5.74, 6) is -2.62. The van der Waals surface area contributed by atoms with Crippen molar-refractivity contribution in [3.63, 3.8) is 0 Å². The van der Waals surface area contributed by atoms with Crippen LogP contribution in [0.2, 0.25) is 0 Å². The van der Waals surface area contributed by atoms with E-state index in [0.29, 0.717) is 11.1 Å². The molecule has 1 atom stereocenters. The number of hydrogen-bond donors (Lipinski definition) is 1. The Kier molecular flexibility index (Phi) is 6.25. The maximum absolute atomic E-state index is 13.3. The smallest absolute Gasteiger partial charge is 0.251 e. The highest BCUT2D eigenvalue weighted by Crippen LogP contribution is 2.20. The third-order valence-electron chi connectivity index (χ3n) is 3.89. The standard InChI is InChI=1S/C18H17BrF2N2O2/c1-11(12-6-7-15(20)16(21)9-12)23(2)17(24)10-22-18(25)13-4-3-5-14(19)8-13/h3-9,11H,10H2,1-2H3,(H,22,25). The summed E-state index contributed by atoms with van der Waals surface area (Å²) in [7, 11) is 1.54. The molecule has 0 fully saturated rings. The molecule has 0 aliphatic rings. The highest BCUT2D eigenvalue weighted by molar-refractivity contribution is 9.10. The molecular formula is C18H17BrF2N2O2. The number of nitrogens with zero attached hydrogens (tertiary/aromatic N) is 1. The topological polar surface area (TPSA) is 49.4 Å². The fraction of sp³-hybridized carbons (Fsp3) is 0.222. The van der Waals surface area contributed by atoms with E-state index in [0.717, 1.165) is 16.6 Å². The number of benzene rings is 2. The van der Waals surface area contributed by atoms with E-state index in [-0.39, 0.29) is 18.4 Å². The van der Waals surface area contributed by atoms with Gasteiger partial charge in [-0.1, -0.05) is 28.1 Å². The number of carbonyl (C=O) groups is 2. The molecule has 0 bridgehead atoms. The third kappa shape index (κ3) is 4.85. The molecule has 2 amide bonds. The van der Waals surface area contributed by atoms with Crippen molar-refractivity contribution >= 4 is 27.7 Å². The fourth-order valence-corrected chi connectivity index (χ4v) is 2.62. The average Bonchev–Trinajstić information content (AvgIpc) is 2.60. The summed E-state index contributed by atoms with van der Waals surface area (Å²) in [6.07, 6.45) is 0. The highest BCUT2D eigenvalue weighted by Gasteiger charge is 2.19. The number of halogens is 3. The van der Waals surface area contributed by atoms with Crippen molar-refractivity contribution in [2.45, 2.75) is 13.0 Å². The minimum Gasteiger partial charge on any atom is -0.343 e. The van der Waals surface area contributed by atoms with Crippen LogP contribution in [0.3, 0.4) is 0 Å². The predicted octanol–water partition coefficient (Wildman–Crippen LogP) is 3.68. The van der Waals surface area contributed by atoms with Gasteiger partial charge in [0.1, 0.15) is 0 Å². The Morgan fingerprint density at radius 1 is 1.16 bits per heavy atom. The second-order valence-electron chi connectivity index (χ2n) is 5.55. The van der Waals surface area contributed by atoms with Gasteiger partial charge < -0.3 is 10.2 Å². The van der Waals surface area contributed by atoms with Gasteiger partial charge in [0.2, 0.25) is 5.91 Å². The first-order chi connectivity index (χ1) is 11.8. The number of carbonyl (C=O) groups excluding carboxylic acids is 2. The van der Waals surface area contributed by atoms with Crippen molar-refractivity contribution in [3.05, 3.63) is 69.7 Å². The van der Waals surface area contributed by atoms with Crippen molar-refractivity contribution < 1.29 is 18.4 Å². The number of rotatable bonds is 5. The second kappa shape index (κ2) is 8.20. The van der Waals surface area contributed by atoms with Gasteiger partial charge in [0.25, 0.3) is 5.91 Å². The lowest BCUT2D eigenvalue weighted by Gasteiger charge is -2.25. The minimum atomic E-state index is -0.965. The average molecular weight is 411 g/mol. The summed E-state index contributed by atoms with van der Waals surface area (Å²) in [5.41, 5.74) is 0.895. The van der Waals surface area contributed by atoms with Gasteiger partial charge >= 0.3 is 0 Å². The Morgan fingerprint density at radius 3 is 2.52 bits per heavy atom. The molecule has 7 heteroatoms. The molecule has 0 aromatic heterocycles. The largest absolute Gasteiger partial charge is 0.343 e. The quantitative estimate of drug-likeness (QED) is 0.817. The van der Waals surface area contributed by atoms with Crippen molar-refractivity contribution in [1.29, 1.82) is 0 Å². The molecule has 0 spiro atoms. The summed E-state index contributed by atoms with van der Waals surface area (Å²) < 4.78 is 27.1. The maximum atomic E-state index is 13.3. The first-order valence-electron chi connectivity index (χ1n) is 7.54. The third-order valence-corrected chi connectivity index (χ3v) is 4.38. The van der Waals surface area contributed by atoms with Crippen LogP contribution in [-0.4, -0.2) is 30.3 Å². The Balaban J connectivity index is 1.97. The van der Waals surface area contributed by atoms with Crippen LogP contribution in [0.1, 0.15) is 28.9 Å². The molecule has 0 radical (unpaired) electrons. The van der Waals surface area contributed by atoms with E-state index in [2.05, 4.69) is 21.2 Å². The number of likely N-dealkylation sites (N-methyl/N-ethyl adjacent to an activating group) is 1. The summed E-state index contributed by atoms with van der Waals surface area (Å²) in [5, 5.41) is 2.55. The molecular weight excluding hydrogens is 394 g/mol. The van der Waals surface area contributed by atoms with Gasteiger partial charge in [-0.05, 0) is 42.8 Å². The number of amides is 2. The lowest BCUT2D eigenvalue weighted by molar-refractivity contribution is -0.130. The Morgan fingerprint density at radius 2 is 1.88 bits per heavy atom. The van der Waals surface area contributed by atoms with Gasteiger partial charge in [0.15, 0.2) is 11.6 Å². The van der Waals surface area contributed by atoms with Crippen LogP contribution in [0.4, 0.5) is 8.78 Å². The Bertz CT molecular complexity index is 798. The van der Waals surface area contributed by atoms with Crippen LogP contribution >= 0.6 is 15.9 Å². The molecule has 2 aromatic carbocycles. The van der Waals surface area contributed by atoms with Crippen LogP contribution < -0.4 is 5.32 Å². The molecule has 25 heavy (non-hydrogen) atoms. The molecule has 0 saturated heterocycles. The summed E-state index contributed by atoms with van der Waals surface area (Å²) >= 11 is 3.28. The molecule has 0 saturated carbocycles. The van der Waals surface area contributed by atoms with E-state index in [1.54, 1.807) is 38.2 Å². The molecule has 132 valence electrons. The lowest BCUT2D eigenvalue weighted by Crippen LogP contribution is -2.39. The number of nitrogens with one attached hydrogen (secondary N) is 1. The van der Waals surface area contributed by atoms with Crippen molar-refractivity contribution in [2.75, 3.05) is 13.6 Å². The summed E-state index contributed by atoms with van der Waals surface area (Å²) in [4.78, 5) is 25.7. The van der Waals surface area contributed by atoms with E-state index >= 15 is 0 Å². The SMILES string of the molecule is CC(c1ccc(F)c(F)c1)N(C)C(=O)CNC(=O)c1cccc(Br)c1. The van der Waals surface area contributed by atoms with Gasteiger partial charge in [0.05, 0.1) is 12.6 Å². The van der Waals surface area contributed by atoms with Crippen LogP contribution in [0.5, 0.6) is 0 Å². The predicted molar refractivity (Wildman–Crippen MR) is 94.0 cm³/mol. The Hall–Kier alpha value is -2.28. The van der Waals surface area contributed by atoms with E-state index in [9.17, 15) is 18.4 Å². The minimum absolute atomic E-state index is 0.199. The van der Waals surface area contributed by atoms with Gasteiger partial charge in [-0.25, -0.2) is 8.78 Å². The normalized spacial score (nSPS) is 11.7. The summed E-state index contributed by atoms with van der Waals surface area (Å²) in [6, 6.07) is 9.83. The van der Waals surface area contributed by atoms with Crippen molar-refractivity contribution in [2.24, 2.45) is 0 Å².